The zero-order chi connectivity index (χ0) is 31.3. The van der Waals surface area contributed by atoms with Crippen molar-refractivity contribution in [3.8, 4) is 11.4 Å². The SMILES string of the molecule is Cc1cc(C)cc(-n2c3ccc(C(C)(C)C)cc3c3cc4c(cc32)c2cc(C(C)(C)C)ccc2n4-c2cc(C)cc(C)c2)c1. The highest BCUT2D eigenvalue weighted by atomic mass is 15.0. The third-order valence-corrected chi connectivity index (χ3v) is 9.31. The van der Waals surface area contributed by atoms with Gasteiger partial charge in [0.1, 0.15) is 0 Å². The Hall–Kier alpha value is -4.30. The second-order valence-electron chi connectivity index (χ2n) is 15.2. The molecule has 0 saturated heterocycles. The van der Waals surface area contributed by atoms with Gasteiger partial charge in [-0.15, -0.1) is 0 Å². The normalized spacial score (nSPS) is 12.8. The van der Waals surface area contributed by atoms with Crippen LogP contribution in [0.2, 0.25) is 0 Å². The lowest BCUT2D eigenvalue weighted by Crippen LogP contribution is -2.10. The molecule has 2 heterocycles. The minimum atomic E-state index is 0.0595. The molecule has 0 unspecified atom stereocenters. The lowest BCUT2D eigenvalue weighted by molar-refractivity contribution is 0.591. The van der Waals surface area contributed by atoms with Crippen LogP contribution in [-0.4, -0.2) is 9.13 Å². The second kappa shape index (κ2) is 9.60. The highest BCUT2D eigenvalue weighted by molar-refractivity contribution is 6.19. The molecule has 0 saturated carbocycles. The number of hydrogen-bond donors (Lipinski definition) is 0. The van der Waals surface area contributed by atoms with Gasteiger partial charge in [-0.2, -0.15) is 0 Å². The van der Waals surface area contributed by atoms with E-state index in [1.807, 2.05) is 0 Å². The van der Waals surface area contributed by atoms with Crippen molar-refractivity contribution in [3.63, 3.8) is 0 Å². The van der Waals surface area contributed by atoms with Crippen molar-refractivity contribution in [1.29, 1.82) is 0 Å². The third-order valence-electron chi connectivity index (χ3n) is 9.31. The van der Waals surface area contributed by atoms with Crippen molar-refractivity contribution in [3.05, 3.63) is 118 Å². The number of benzene rings is 5. The summed E-state index contributed by atoms with van der Waals surface area (Å²) in [6.07, 6.45) is 0. The molecule has 0 radical (unpaired) electrons. The van der Waals surface area contributed by atoms with E-state index in [1.54, 1.807) is 0 Å². The first-order valence-electron chi connectivity index (χ1n) is 15.9. The molecule has 5 aromatic carbocycles. The maximum atomic E-state index is 2.49. The van der Waals surface area contributed by atoms with Crippen LogP contribution in [0, 0.1) is 27.7 Å². The molecule has 222 valence electrons. The van der Waals surface area contributed by atoms with Crippen LogP contribution in [0.25, 0.3) is 55.0 Å². The number of hydrogen-bond acceptors (Lipinski definition) is 0. The van der Waals surface area contributed by atoms with Crippen LogP contribution in [0.15, 0.2) is 84.9 Å². The van der Waals surface area contributed by atoms with E-state index in [9.17, 15) is 0 Å². The lowest BCUT2D eigenvalue weighted by atomic mass is 9.86. The number of nitrogens with zero attached hydrogens (tertiary/aromatic N) is 2. The maximum Gasteiger partial charge on any atom is 0.0548 e. The first kappa shape index (κ1) is 28.5. The minimum Gasteiger partial charge on any atom is -0.309 e. The van der Waals surface area contributed by atoms with Gasteiger partial charge in [0.2, 0.25) is 0 Å². The molecule has 0 amide bonds. The van der Waals surface area contributed by atoms with E-state index < -0.39 is 0 Å². The summed E-state index contributed by atoms with van der Waals surface area (Å²) >= 11 is 0. The smallest absolute Gasteiger partial charge is 0.0548 e. The van der Waals surface area contributed by atoms with Crippen LogP contribution < -0.4 is 0 Å². The Morgan fingerprint density at radius 3 is 1.00 bits per heavy atom. The molecular weight excluding hydrogens is 532 g/mol. The standard InChI is InChI=1S/C42H44N2/c1-25-15-26(2)18-31(17-25)43-37-13-11-29(41(5,6)7)21-33(37)35-24-40-36(23-39(35)43)34-22-30(42(8,9)10)12-14-38(34)44(40)32-19-27(3)16-28(4)20-32/h11-24H,1-10H3. The summed E-state index contributed by atoms with van der Waals surface area (Å²) < 4.78 is 4.98. The van der Waals surface area contributed by atoms with E-state index in [2.05, 4.69) is 163 Å². The molecular formula is C42H44N2. The first-order valence-corrected chi connectivity index (χ1v) is 15.9. The largest absolute Gasteiger partial charge is 0.309 e. The summed E-state index contributed by atoms with van der Waals surface area (Å²) in [7, 11) is 0. The molecule has 0 fully saturated rings. The number of fused-ring (bicyclic) bond motifs is 6. The van der Waals surface area contributed by atoms with Crippen LogP contribution in [0.5, 0.6) is 0 Å². The average Bonchev–Trinajstić information content (AvgIpc) is 3.41. The van der Waals surface area contributed by atoms with Crippen LogP contribution in [0.4, 0.5) is 0 Å². The molecule has 7 aromatic rings. The van der Waals surface area contributed by atoms with Gasteiger partial charge in [-0.1, -0.05) is 65.8 Å². The summed E-state index contributed by atoms with van der Waals surface area (Å²) in [4.78, 5) is 0. The van der Waals surface area contributed by atoms with E-state index >= 15 is 0 Å². The molecule has 0 N–H and O–H groups in total. The van der Waals surface area contributed by atoms with Crippen molar-refractivity contribution >= 4 is 43.6 Å². The Morgan fingerprint density at radius 2 is 0.682 bits per heavy atom. The molecule has 7 rings (SSSR count). The van der Waals surface area contributed by atoms with Crippen molar-refractivity contribution in [2.75, 3.05) is 0 Å². The Bertz CT molecular complexity index is 2070. The summed E-state index contributed by atoms with van der Waals surface area (Å²) in [5.41, 5.74) is 15.4. The van der Waals surface area contributed by atoms with Gasteiger partial charge in [-0.25, -0.2) is 0 Å². The van der Waals surface area contributed by atoms with Gasteiger partial charge < -0.3 is 9.13 Å². The van der Waals surface area contributed by atoms with Crippen molar-refractivity contribution in [2.45, 2.75) is 80.1 Å². The highest BCUT2D eigenvalue weighted by Gasteiger charge is 2.23. The fourth-order valence-corrected chi connectivity index (χ4v) is 7.18. The van der Waals surface area contributed by atoms with E-state index in [-0.39, 0.29) is 10.8 Å². The quantitative estimate of drug-likeness (QED) is 0.194. The number of aromatic nitrogens is 2. The monoisotopic (exact) mass is 576 g/mol. The van der Waals surface area contributed by atoms with E-state index in [0.717, 1.165) is 0 Å². The molecule has 0 aliphatic heterocycles. The Kier molecular flexibility index (Phi) is 6.21. The molecule has 44 heavy (non-hydrogen) atoms. The number of aryl methyl sites for hydroxylation is 4. The molecule has 0 aliphatic carbocycles. The van der Waals surface area contributed by atoms with Gasteiger partial charge in [0, 0.05) is 32.9 Å². The van der Waals surface area contributed by atoms with Crippen LogP contribution in [0.1, 0.15) is 74.9 Å². The molecule has 0 spiro atoms. The fraction of sp³-hybridized carbons (Fsp3) is 0.286. The molecule has 0 aliphatic rings. The van der Waals surface area contributed by atoms with Gasteiger partial charge >= 0.3 is 0 Å². The molecule has 2 nitrogen and oxygen atoms in total. The van der Waals surface area contributed by atoms with Crippen molar-refractivity contribution in [2.24, 2.45) is 0 Å². The predicted molar refractivity (Wildman–Crippen MR) is 191 cm³/mol. The zero-order valence-electron chi connectivity index (χ0n) is 28.0. The van der Waals surface area contributed by atoms with Gasteiger partial charge in [-0.3, -0.25) is 0 Å². The average molecular weight is 577 g/mol. The summed E-state index contributed by atoms with van der Waals surface area (Å²) in [5, 5.41) is 5.20. The first-order chi connectivity index (χ1) is 20.7. The van der Waals surface area contributed by atoms with Gasteiger partial charge in [0.15, 0.2) is 0 Å². The Morgan fingerprint density at radius 1 is 0.364 bits per heavy atom. The zero-order valence-corrected chi connectivity index (χ0v) is 28.0. The summed E-state index contributed by atoms with van der Waals surface area (Å²) in [6, 6.07) is 32.9. The molecule has 2 heteroatoms. The van der Waals surface area contributed by atoms with Crippen LogP contribution in [-0.2, 0) is 10.8 Å². The van der Waals surface area contributed by atoms with Crippen LogP contribution in [0.3, 0.4) is 0 Å². The van der Waals surface area contributed by atoms with Crippen molar-refractivity contribution < 1.29 is 0 Å². The topological polar surface area (TPSA) is 9.86 Å². The van der Waals surface area contributed by atoms with Crippen molar-refractivity contribution in [1.82, 2.24) is 9.13 Å². The van der Waals surface area contributed by atoms with E-state index in [1.165, 1.54) is 88.4 Å². The summed E-state index contributed by atoms with van der Waals surface area (Å²) in [6.45, 7) is 22.6. The number of rotatable bonds is 2. The molecule has 0 bridgehead atoms. The Labute approximate surface area is 261 Å². The second-order valence-corrected chi connectivity index (χ2v) is 15.2. The lowest BCUT2D eigenvalue weighted by Gasteiger charge is -2.19. The predicted octanol–water partition coefficient (Wildman–Crippen LogP) is 11.7. The Balaban J connectivity index is 1.70. The highest BCUT2D eigenvalue weighted by Crippen LogP contribution is 2.42. The minimum absolute atomic E-state index is 0.0595. The third kappa shape index (κ3) is 4.54. The summed E-state index contributed by atoms with van der Waals surface area (Å²) in [5.74, 6) is 0. The van der Waals surface area contributed by atoms with E-state index in [4.69, 9.17) is 0 Å². The maximum absolute atomic E-state index is 2.49. The van der Waals surface area contributed by atoms with Gasteiger partial charge in [0.05, 0.1) is 22.1 Å². The fourth-order valence-electron chi connectivity index (χ4n) is 7.18. The molecule has 2 aromatic heterocycles. The van der Waals surface area contributed by atoms with Gasteiger partial charge in [-0.05, 0) is 133 Å². The van der Waals surface area contributed by atoms with Crippen LogP contribution >= 0.6 is 0 Å². The molecule has 0 atom stereocenters. The van der Waals surface area contributed by atoms with E-state index in [0.29, 0.717) is 0 Å². The van der Waals surface area contributed by atoms with Gasteiger partial charge in [0.25, 0.3) is 0 Å².